The van der Waals surface area contributed by atoms with Gasteiger partial charge in [0.2, 0.25) is 10.0 Å². The molecule has 1 aliphatic rings. The van der Waals surface area contributed by atoms with Crippen LogP contribution in [0.4, 0.5) is 0 Å². The van der Waals surface area contributed by atoms with E-state index in [1.165, 1.54) is 23.5 Å². The van der Waals surface area contributed by atoms with E-state index in [1.807, 2.05) is 6.92 Å². The summed E-state index contributed by atoms with van der Waals surface area (Å²) in [5, 5.41) is 0.287. The van der Waals surface area contributed by atoms with Gasteiger partial charge in [0.05, 0.1) is 17.0 Å². The average Bonchev–Trinajstić information content (AvgIpc) is 2.38. The molecule has 20 heavy (non-hydrogen) atoms. The van der Waals surface area contributed by atoms with Gasteiger partial charge < -0.3 is 10.5 Å². The molecular formula is C13H19ClN2O3S. The highest BCUT2D eigenvalue weighted by Gasteiger charge is 2.33. The quantitative estimate of drug-likeness (QED) is 0.923. The molecule has 1 aromatic carbocycles. The maximum atomic E-state index is 12.6. The fraction of sp³-hybridized carbons (Fsp3) is 0.538. The number of ether oxygens (including phenoxy) is 1. The van der Waals surface area contributed by atoms with Gasteiger partial charge in [0.1, 0.15) is 5.75 Å². The summed E-state index contributed by atoms with van der Waals surface area (Å²) in [5.41, 5.74) is 5.87. The Labute approximate surface area is 124 Å². The van der Waals surface area contributed by atoms with Gasteiger partial charge in [-0.3, -0.25) is 0 Å². The maximum absolute atomic E-state index is 12.6. The zero-order valence-electron chi connectivity index (χ0n) is 11.5. The number of nitrogens with zero attached hydrogens (tertiary/aromatic N) is 1. The van der Waals surface area contributed by atoms with E-state index in [0.717, 1.165) is 0 Å². The Morgan fingerprint density at radius 1 is 1.45 bits per heavy atom. The summed E-state index contributed by atoms with van der Waals surface area (Å²) in [6.07, 6.45) is 1.34. The molecule has 0 radical (unpaired) electrons. The van der Waals surface area contributed by atoms with Gasteiger partial charge in [0.25, 0.3) is 0 Å². The van der Waals surface area contributed by atoms with Crippen LogP contribution in [0.3, 0.4) is 0 Å². The van der Waals surface area contributed by atoms with Crippen LogP contribution in [0.2, 0.25) is 5.02 Å². The highest BCUT2D eigenvalue weighted by Crippen LogP contribution is 2.30. The van der Waals surface area contributed by atoms with Gasteiger partial charge in [-0.05, 0) is 38.0 Å². The van der Waals surface area contributed by atoms with E-state index >= 15 is 0 Å². The lowest BCUT2D eigenvalue weighted by Crippen LogP contribution is -2.48. The van der Waals surface area contributed by atoms with Crippen molar-refractivity contribution in [2.45, 2.75) is 36.7 Å². The van der Waals surface area contributed by atoms with Crippen molar-refractivity contribution in [3.05, 3.63) is 23.2 Å². The van der Waals surface area contributed by atoms with Crippen molar-refractivity contribution in [3.63, 3.8) is 0 Å². The minimum absolute atomic E-state index is 0.0657. The highest BCUT2D eigenvalue weighted by atomic mass is 35.5. The van der Waals surface area contributed by atoms with Gasteiger partial charge in [0.15, 0.2) is 0 Å². The molecule has 1 saturated heterocycles. The molecule has 2 rings (SSSR count). The molecule has 2 N–H and O–H groups in total. The van der Waals surface area contributed by atoms with Crippen LogP contribution in [0.25, 0.3) is 0 Å². The third-order valence-corrected chi connectivity index (χ3v) is 5.89. The normalized spacial score (nSPS) is 24.6. The number of halogens is 1. The smallest absolute Gasteiger partial charge is 0.243 e. The third-order valence-electron chi connectivity index (χ3n) is 3.59. The van der Waals surface area contributed by atoms with Crippen LogP contribution in [-0.4, -0.2) is 38.5 Å². The van der Waals surface area contributed by atoms with Crippen molar-refractivity contribution >= 4 is 21.6 Å². The molecule has 0 unspecified atom stereocenters. The number of benzene rings is 1. The van der Waals surface area contributed by atoms with E-state index in [-0.39, 0.29) is 22.0 Å². The summed E-state index contributed by atoms with van der Waals surface area (Å²) in [6.45, 7) is 2.32. The Morgan fingerprint density at radius 2 is 2.15 bits per heavy atom. The predicted octanol–water partition coefficient (Wildman–Crippen LogP) is 1.85. The molecule has 1 aromatic rings. The van der Waals surface area contributed by atoms with E-state index in [4.69, 9.17) is 22.1 Å². The molecule has 1 aliphatic heterocycles. The number of hydrogen-bond donors (Lipinski definition) is 1. The maximum Gasteiger partial charge on any atom is 0.243 e. The van der Waals surface area contributed by atoms with Crippen LogP contribution < -0.4 is 10.5 Å². The Kier molecular flexibility index (Phi) is 4.59. The fourth-order valence-corrected chi connectivity index (χ4v) is 4.49. The number of nitrogens with two attached hydrogens (primary N) is 1. The highest BCUT2D eigenvalue weighted by molar-refractivity contribution is 7.89. The van der Waals surface area contributed by atoms with Gasteiger partial charge in [0, 0.05) is 18.6 Å². The van der Waals surface area contributed by atoms with E-state index in [2.05, 4.69) is 0 Å². The number of sulfonamides is 1. The molecule has 112 valence electrons. The zero-order valence-corrected chi connectivity index (χ0v) is 13.1. The lowest BCUT2D eigenvalue weighted by molar-refractivity contribution is 0.247. The van der Waals surface area contributed by atoms with Gasteiger partial charge >= 0.3 is 0 Å². The predicted molar refractivity (Wildman–Crippen MR) is 78.6 cm³/mol. The topological polar surface area (TPSA) is 72.6 Å². The lowest BCUT2D eigenvalue weighted by Gasteiger charge is -2.35. The molecule has 0 amide bonds. The summed E-state index contributed by atoms with van der Waals surface area (Å²) in [5.74, 6) is 0.458. The first-order valence-corrected chi connectivity index (χ1v) is 8.29. The van der Waals surface area contributed by atoms with Crippen LogP contribution in [0, 0.1) is 0 Å². The Balaban J connectivity index is 2.33. The first-order valence-electron chi connectivity index (χ1n) is 6.47. The van der Waals surface area contributed by atoms with Gasteiger partial charge in [-0.15, -0.1) is 0 Å². The van der Waals surface area contributed by atoms with E-state index in [9.17, 15) is 8.42 Å². The number of rotatable bonds is 3. The van der Waals surface area contributed by atoms with Crippen LogP contribution in [0.5, 0.6) is 5.75 Å². The molecule has 0 spiro atoms. The minimum Gasteiger partial charge on any atom is -0.495 e. The SMILES string of the molecule is COc1ccc(S(=O)(=O)N2CC[C@@H](N)C[C@H]2C)cc1Cl. The molecular weight excluding hydrogens is 300 g/mol. The number of piperidine rings is 1. The Bertz CT molecular complexity index is 591. The summed E-state index contributed by atoms with van der Waals surface area (Å²) >= 11 is 6.01. The van der Waals surface area contributed by atoms with Gasteiger partial charge in [-0.2, -0.15) is 4.31 Å². The van der Waals surface area contributed by atoms with Gasteiger partial charge in [-0.1, -0.05) is 11.6 Å². The van der Waals surface area contributed by atoms with E-state index in [1.54, 1.807) is 6.07 Å². The lowest BCUT2D eigenvalue weighted by atomic mass is 10.0. The van der Waals surface area contributed by atoms with Crippen molar-refractivity contribution < 1.29 is 13.2 Å². The minimum atomic E-state index is -3.54. The van der Waals surface area contributed by atoms with Crippen molar-refractivity contribution in [2.24, 2.45) is 5.73 Å². The summed E-state index contributed by atoms with van der Waals surface area (Å²) in [7, 11) is -2.05. The summed E-state index contributed by atoms with van der Waals surface area (Å²) in [4.78, 5) is 0.186. The summed E-state index contributed by atoms with van der Waals surface area (Å²) < 4.78 is 31.8. The zero-order chi connectivity index (χ0) is 14.9. The van der Waals surface area contributed by atoms with Crippen molar-refractivity contribution in [1.82, 2.24) is 4.31 Å². The first-order chi connectivity index (χ1) is 9.36. The first kappa shape index (κ1) is 15.6. The molecule has 0 aliphatic carbocycles. The largest absolute Gasteiger partial charge is 0.495 e. The summed E-state index contributed by atoms with van der Waals surface area (Å²) in [6, 6.07) is 4.47. The standard InChI is InChI=1S/C13H19ClN2O3S/c1-9-7-10(15)5-6-16(9)20(17,18)11-3-4-13(19-2)12(14)8-11/h3-4,8-10H,5-7,15H2,1-2H3/t9-,10-/m1/s1. The second-order valence-electron chi connectivity index (χ2n) is 5.05. The molecule has 1 heterocycles. The molecule has 0 bridgehead atoms. The third kappa shape index (κ3) is 2.93. The molecule has 7 heteroatoms. The monoisotopic (exact) mass is 318 g/mol. The van der Waals surface area contributed by atoms with Gasteiger partial charge in [-0.25, -0.2) is 8.42 Å². The number of hydrogen-bond acceptors (Lipinski definition) is 4. The van der Waals surface area contributed by atoms with Crippen LogP contribution in [-0.2, 0) is 10.0 Å². The Morgan fingerprint density at radius 3 is 2.70 bits per heavy atom. The average molecular weight is 319 g/mol. The molecule has 0 aromatic heterocycles. The van der Waals surface area contributed by atoms with Crippen LogP contribution >= 0.6 is 11.6 Å². The second-order valence-corrected chi connectivity index (χ2v) is 7.34. The van der Waals surface area contributed by atoms with Crippen LogP contribution in [0.15, 0.2) is 23.1 Å². The van der Waals surface area contributed by atoms with Crippen molar-refractivity contribution in [1.29, 1.82) is 0 Å². The second kappa shape index (κ2) is 5.89. The Hall–Kier alpha value is -0.820. The fourth-order valence-electron chi connectivity index (χ4n) is 2.49. The molecule has 5 nitrogen and oxygen atoms in total. The molecule has 0 saturated carbocycles. The van der Waals surface area contributed by atoms with Crippen molar-refractivity contribution in [2.75, 3.05) is 13.7 Å². The van der Waals surface area contributed by atoms with E-state index < -0.39 is 10.0 Å². The number of methoxy groups -OCH3 is 1. The van der Waals surface area contributed by atoms with E-state index in [0.29, 0.717) is 25.1 Å². The van der Waals surface area contributed by atoms with Crippen molar-refractivity contribution in [3.8, 4) is 5.75 Å². The van der Waals surface area contributed by atoms with Crippen LogP contribution in [0.1, 0.15) is 19.8 Å². The molecule has 2 atom stereocenters. The molecule has 1 fully saturated rings.